The van der Waals surface area contributed by atoms with Gasteiger partial charge < -0.3 is 11.1 Å². The van der Waals surface area contributed by atoms with Gasteiger partial charge in [-0.15, -0.1) is 0 Å². The molecule has 0 saturated heterocycles. The monoisotopic (exact) mass is 385 g/mol. The zero-order valence-electron chi connectivity index (χ0n) is 16.2. The molecule has 1 atom stereocenters. The van der Waals surface area contributed by atoms with Crippen LogP contribution in [0.5, 0.6) is 0 Å². The van der Waals surface area contributed by atoms with Gasteiger partial charge in [0, 0.05) is 23.1 Å². The van der Waals surface area contributed by atoms with E-state index in [-0.39, 0.29) is 17.4 Å². The number of fused-ring (bicyclic) bond motifs is 1. The van der Waals surface area contributed by atoms with Crippen LogP contribution in [0.4, 0.5) is 11.6 Å². The minimum atomic E-state index is -0.328. The zero-order chi connectivity index (χ0) is 20.5. The molecule has 0 unspecified atom stereocenters. The molecule has 4 rings (SSSR count). The molecule has 0 aliphatic carbocycles. The van der Waals surface area contributed by atoms with Crippen molar-refractivity contribution >= 4 is 17.2 Å². The molecule has 0 spiro atoms. The van der Waals surface area contributed by atoms with Gasteiger partial charge in [0.2, 0.25) is 0 Å². The lowest BCUT2D eigenvalue weighted by Gasteiger charge is -2.16. The summed E-state index contributed by atoms with van der Waals surface area (Å²) in [6.45, 7) is 5.82. The number of aryl methyl sites for hydroxylation is 2. The molecular weight excluding hydrogens is 366 g/mol. The Hall–Kier alpha value is -4.06. The second kappa shape index (κ2) is 7.16. The Bertz CT molecular complexity index is 1230. The molecule has 144 valence electrons. The lowest BCUT2D eigenvalue weighted by Crippen LogP contribution is -2.16. The number of rotatable bonds is 4. The van der Waals surface area contributed by atoms with Gasteiger partial charge >= 0.3 is 0 Å². The molecule has 4 aromatic heterocycles. The Morgan fingerprint density at radius 3 is 2.66 bits per heavy atom. The Kier molecular flexibility index (Phi) is 4.52. The predicted molar refractivity (Wildman–Crippen MR) is 109 cm³/mol. The second-order valence-corrected chi connectivity index (χ2v) is 6.76. The van der Waals surface area contributed by atoms with Crippen LogP contribution in [0.25, 0.3) is 16.8 Å². The maximum atomic E-state index is 9.35. The van der Waals surface area contributed by atoms with Gasteiger partial charge in [0.15, 0.2) is 5.82 Å². The van der Waals surface area contributed by atoms with E-state index < -0.39 is 0 Å². The fourth-order valence-electron chi connectivity index (χ4n) is 3.21. The van der Waals surface area contributed by atoms with Gasteiger partial charge in [-0.05, 0) is 45.0 Å². The molecule has 9 nitrogen and oxygen atoms in total. The van der Waals surface area contributed by atoms with Crippen molar-refractivity contribution in [2.75, 3.05) is 11.1 Å². The number of nitriles is 1. The predicted octanol–water partition coefficient (Wildman–Crippen LogP) is 2.83. The molecule has 0 aliphatic heterocycles. The van der Waals surface area contributed by atoms with Gasteiger partial charge in [-0.1, -0.05) is 0 Å². The van der Waals surface area contributed by atoms with Crippen LogP contribution in [0.2, 0.25) is 0 Å². The van der Waals surface area contributed by atoms with Crippen LogP contribution < -0.4 is 11.1 Å². The lowest BCUT2D eigenvalue weighted by atomic mass is 10.1. The highest BCUT2D eigenvalue weighted by Crippen LogP contribution is 2.27. The summed E-state index contributed by atoms with van der Waals surface area (Å²) in [6.07, 6.45) is 3.19. The van der Waals surface area contributed by atoms with Gasteiger partial charge in [-0.3, -0.25) is 4.98 Å². The fourth-order valence-corrected chi connectivity index (χ4v) is 3.21. The van der Waals surface area contributed by atoms with Crippen LogP contribution in [0, 0.1) is 25.2 Å². The quantitative estimate of drug-likeness (QED) is 0.548. The number of anilines is 2. The summed E-state index contributed by atoms with van der Waals surface area (Å²) in [6, 6.07) is 9.61. The molecule has 9 heteroatoms. The van der Waals surface area contributed by atoms with E-state index in [1.807, 2.05) is 57.3 Å². The molecule has 0 fully saturated rings. The highest BCUT2D eigenvalue weighted by atomic mass is 15.3. The second-order valence-electron chi connectivity index (χ2n) is 6.76. The summed E-state index contributed by atoms with van der Waals surface area (Å²) in [7, 11) is 0. The largest absolute Gasteiger partial charge is 0.382 e. The number of nitrogens with two attached hydrogens (primary N) is 1. The van der Waals surface area contributed by atoms with E-state index in [2.05, 4.69) is 25.4 Å². The third-order valence-electron chi connectivity index (χ3n) is 4.49. The van der Waals surface area contributed by atoms with Gasteiger partial charge in [0.1, 0.15) is 29.6 Å². The summed E-state index contributed by atoms with van der Waals surface area (Å²) in [5, 5.41) is 17.1. The molecule has 4 aromatic rings. The maximum Gasteiger partial charge on any atom is 0.171 e. The first-order valence-corrected chi connectivity index (χ1v) is 9.04. The number of hydrogen-bond donors (Lipinski definition) is 2. The van der Waals surface area contributed by atoms with Crippen LogP contribution in [0.1, 0.15) is 35.7 Å². The third kappa shape index (κ3) is 3.43. The van der Waals surface area contributed by atoms with Crippen LogP contribution >= 0.6 is 0 Å². The third-order valence-corrected chi connectivity index (χ3v) is 4.49. The van der Waals surface area contributed by atoms with E-state index in [9.17, 15) is 5.26 Å². The zero-order valence-corrected chi connectivity index (χ0v) is 16.2. The summed E-state index contributed by atoms with van der Waals surface area (Å²) >= 11 is 0. The first kappa shape index (κ1) is 18.3. The van der Waals surface area contributed by atoms with Crippen molar-refractivity contribution in [3.8, 4) is 17.3 Å². The van der Waals surface area contributed by atoms with Gasteiger partial charge in [0.25, 0.3) is 0 Å². The van der Waals surface area contributed by atoms with Crippen molar-refractivity contribution in [2.24, 2.45) is 0 Å². The molecule has 0 bridgehead atoms. The summed E-state index contributed by atoms with van der Waals surface area (Å²) in [5.41, 5.74) is 10.5. The van der Waals surface area contributed by atoms with Crippen molar-refractivity contribution in [2.45, 2.75) is 26.8 Å². The van der Waals surface area contributed by atoms with Crippen LogP contribution in [0.3, 0.4) is 0 Å². The Morgan fingerprint density at radius 2 is 1.93 bits per heavy atom. The smallest absolute Gasteiger partial charge is 0.171 e. The van der Waals surface area contributed by atoms with E-state index in [0.717, 1.165) is 28.2 Å². The average Bonchev–Trinajstić information content (AvgIpc) is 3.15. The number of nitrogen functional groups attached to an aromatic ring is 1. The topological polar surface area (TPSA) is 131 Å². The van der Waals surface area contributed by atoms with E-state index in [0.29, 0.717) is 11.6 Å². The van der Waals surface area contributed by atoms with Crippen LogP contribution in [-0.4, -0.2) is 29.5 Å². The van der Waals surface area contributed by atoms with Crippen molar-refractivity contribution in [1.29, 1.82) is 5.26 Å². The molecule has 0 radical (unpaired) electrons. The van der Waals surface area contributed by atoms with Gasteiger partial charge in [-0.2, -0.15) is 10.4 Å². The van der Waals surface area contributed by atoms with Crippen molar-refractivity contribution in [3.63, 3.8) is 0 Å². The molecule has 0 aromatic carbocycles. The van der Waals surface area contributed by atoms with Crippen LogP contribution in [-0.2, 0) is 0 Å². The standard InChI is InChI=1S/C20H19N9/c1-11-7-14(8-12(2)25-11)17-16-5-4-6-29(16)28-19(27-17)13(3)26-20-15(9-21)18(22)23-10-24-20/h4-8,10,13H,1-3H3,(H3,22,23,24,26)/t13-/m0/s1. The highest BCUT2D eigenvalue weighted by Gasteiger charge is 2.18. The summed E-state index contributed by atoms with van der Waals surface area (Å²) < 4.78 is 1.79. The molecule has 0 amide bonds. The minimum absolute atomic E-state index is 0.127. The first-order chi connectivity index (χ1) is 14.0. The fraction of sp³-hybridized carbons (Fsp3) is 0.200. The SMILES string of the molecule is Cc1cc(-c2nc([C@H](C)Nc3ncnc(N)c3C#N)nn3cccc23)cc(C)n1. The lowest BCUT2D eigenvalue weighted by molar-refractivity contribution is 0.729. The van der Waals surface area contributed by atoms with E-state index in [1.54, 1.807) is 4.52 Å². The molecule has 4 heterocycles. The van der Waals surface area contributed by atoms with Gasteiger partial charge in [-0.25, -0.2) is 19.5 Å². The van der Waals surface area contributed by atoms with Crippen molar-refractivity contribution in [3.05, 3.63) is 59.6 Å². The van der Waals surface area contributed by atoms with E-state index in [1.165, 1.54) is 6.33 Å². The summed E-state index contributed by atoms with van der Waals surface area (Å²) in [5.74, 6) is 1.03. The molecular formula is C20H19N9. The normalized spacial score (nSPS) is 11.9. The molecule has 0 saturated carbocycles. The number of nitrogens with zero attached hydrogens (tertiary/aromatic N) is 7. The molecule has 29 heavy (non-hydrogen) atoms. The Morgan fingerprint density at radius 1 is 1.17 bits per heavy atom. The number of pyridine rings is 1. The Labute approximate surface area is 167 Å². The van der Waals surface area contributed by atoms with Gasteiger partial charge in [0.05, 0.1) is 17.3 Å². The average molecular weight is 385 g/mol. The van der Waals surface area contributed by atoms with Crippen LogP contribution in [0.15, 0.2) is 36.8 Å². The minimum Gasteiger partial charge on any atom is -0.382 e. The van der Waals surface area contributed by atoms with E-state index in [4.69, 9.17) is 10.7 Å². The van der Waals surface area contributed by atoms with E-state index >= 15 is 0 Å². The maximum absolute atomic E-state index is 9.35. The molecule has 3 N–H and O–H groups in total. The number of nitrogens with one attached hydrogen (secondary N) is 1. The highest BCUT2D eigenvalue weighted by molar-refractivity contribution is 5.77. The number of hydrogen-bond acceptors (Lipinski definition) is 8. The Balaban J connectivity index is 1.79. The number of aromatic nitrogens is 6. The van der Waals surface area contributed by atoms with Crippen molar-refractivity contribution in [1.82, 2.24) is 29.5 Å². The van der Waals surface area contributed by atoms with Crippen molar-refractivity contribution < 1.29 is 0 Å². The first-order valence-electron chi connectivity index (χ1n) is 9.04. The molecule has 0 aliphatic rings. The summed E-state index contributed by atoms with van der Waals surface area (Å²) in [4.78, 5) is 17.3.